The van der Waals surface area contributed by atoms with Gasteiger partial charge in [-0.05, 0) is 5.92 Å². The van der Waals surface area contributed by atoms with Crippen molar-refractivity contribution in [2.24, 2.45) is 5.92 Å². The molecule has 0 bridgehead atoms. The number of aliphatic carboxylic acids is 1. The molecule has 4 heteroatoms. The minimum atomic E-state index is -0.941. The number of rotatable bonds is 4. The molecule has 0 aliphatic heterocycles. The SMILES string of the molecule is CC(CC(=O)O)CC(=O)C#N. The quantitative estimate of drug-likeness (QED) is 0.602. The van der Waals surface area contributed by atoms with Crippen LogP contribution in [0.4, 0.5) is 0 Å². The first-order valence-electron chi connectivity index (χ1n) is 3.21. The molecule has 1 N–H and O–H groups in total. The molecule has 0 saturated carbocycles. The van der Waals surface area contributed by atoms with Gasteiger partial charge >= 0.3 is 5.97 Å². The van der Waals surface area contributed by atoms with Crippen molar-refractivity contribution in [2.75, 3.05) is 0 Å². The van der Waals surface area contributed by atoms with Gasteiger partial charge < -0.3 is 5.11 Å². The van der Waals surface area contributed by atoms with Gasteiger partial charge in [0.1, 0.15) is 6.07 Å². The number of carbonyl (C=O) groups excluding carboxylic acids is 1. The number of nitriles is 1. The van der Waals surface area contributed by atoms with Crippen LogP contribution in [0.25, 0.3) is 0 Å². The zero-order valence-corrected chi connectivity index (χ0v) is 6.20. The third kappa shape index (κ3) is 5.09. The smallest absolute Gasteiger partial charge is 0.303 e. The minimum absolute atomic E-state index is 0.0306. The largest absolute Gasteiger partial charge is 0.481 e. The summed E-state index contributed by atoms with van der Waals surface area (Å²) in [6, 6.07) is 1.44. The van der Waals surface area contributed by atoms with Gasteiger partial charge in [0.15, 0.2) is 0 Å². The molecule has 0 aromatic carbocycles. The minimum Gasteiger partial charge on any atom is -0.481 e. The van der Waals surface area contributed by atoms with Crippen molar-refractivity contribution in [1.29, 1.82) is 5.26 Å². The molecule has 1 unspecified atom stereocenters. The van der Waals surface area contributed by atoms with Gasteiger partial charge in [-0.15, -0.1) is 0 Å². The molecule has 0 radical (unpaired) electrons. The van der Waals surface area contributed by atoms with Gasteiger partial charge in [-0.1, -0.05) is 6.92 Å². The van der Waals surface area contributed by atoms with E-state index in [0.717, 1.165) is 0 Å². The number of carboxylic acids is 1. The van der Waals surface area contributed by atoms with Crippen LogP contribution >= 0.6 is 0 Å². The van der Waals surface area contributed by atoms with Gasteiger partial charge in [-0.2, -0.15) is 5.26 Å². The second-order valence-corrected chi connectivity index (χ2v) is 2.44. The molecule has 0 aliphatic rings. The van der Waals surface area contributed by atoms with Crippen LogP contribution in [0.2, 0.25) is 0 Å². The summed E-state index contributed by atoms with van der Waals surface area (Å²) < 4.78 is 0. The lowest BCUT2D eigenvalue weighted by Gasteiger charge is -2.02. The van der Waals surface area contributed by atoms with Crippen LogP contribution < -0.4 is 0 Å². The Bertz CT molecular complexity index is 204. The molecule has 11 heavy (non-hydrogen) atoms. The monoisotopic (exact) mass is 155 g/mol. The molecule has 1 atom stereocenters. The van der Waals surface area contributed by atoms with E-state index in [-0.39, 0.29) is 18.8 Å². The average molecular weight is 155 g/mol. The van der Waals surface area contributed by atoms with Gasteiger partial charge in [0.2, 0.25) is 5.78 Å². The van der Waals surface area contributed by atoms with Crippen LogP contribution in [0.15, 0.2) is 0 Å². The molecule has 0 heterocycles. The zero-order valence-electron chi connectivity index (χ0n) is 6.20. The summed E-state index contributed by atoms with van der Waals surface area (Å²) in [7, 11) is 0. The molecule has 0 fully saturated rings. The third-order valence-corrected chi connectivity index (χ3v) is 1.18. The molecule has 4 nitrogen and oxygen atoms in total. The van der Waals surface area contributed by atoms with E-state index in [4.69, 9.17) is 10.4 Å². The zero-order chi connectivity index (χ0) is 8.85. The van der Waals surface area contributed by atoms with Gasteiger partial charge in [-0.25, -0.2) is 0 Å². The first kappa shape index (κ1) is 9.63. The number of hydrogen-bond donors (Lipinski definition) is 1. The summed E-state index contributed by atoms with van der Waals surface area (Å²) in [5, 5.41) is 16.3. The van der Waals surface area contributed by atoms with Crippen molar-refractivity contribution in [3.05, 3.63) is 0 Å². The molecular weight excluding hydrogens is 146 g/mol. The fraction of sp³-hybridized carbons (Fsp3) is 0.571. The standard InChI is InChI=1S/C7H9NO3/c1-5(3-7(10)11)2-6(9)4-8/h5H,2-3H2,1H3,(H,10,11). The van der Waals surface area contributed by atoms with E-state index in [9.17, 15) is 9.59 Å². The number of hydrogen-bond acceptors (Lipinski definition) is 3. The van der Waals surface area contributed by atoms with E-state index in [0.29, 0.717) is 0 Å². The van der Waals surface area contributed by atoms with Crippen molar-refractivity contribution in [3.8, 4) is 6.07 Å². The lowest BCUT2D eigenvalue weighted by atomic mass is 10.0. The number of ketones is 1. The highest BCUT2D eigenvalue weighted by Crippen LogP contribution is 2.06. The van der Waals surface area contributed by atoms with Crippen molar-refractivity contribution in [1.82, 2.24) is 0 Å². The van der Waals surface area contributed by atoms with E-state index < -0.39 is 11.8 Å². The van der Waals surface area contributed by atoms with Gasteiger partial charge in [0, 0.05) is 12.8 Å². The van der Waals surface area contributed by atoms with E-state index in [1.165, 1.54) is 6.07 Å². The Morgan fingerprint density at radius 3 is 2.45 bits per heavy atom. The fourth-order valence-corrected chi connectivity index (χ4v) is 0.732. The van der Waals surface area contributed by atoms with Crippen LogP contribution in [0.3, 0.4) is 0 Å². The topological polar surface area (TPSA) is 78.2 Å². The second kappa shape index (κ2) is 4.45. The summed E-state index contributed by atoms with van der Waals surface area (Å²) in [5.41, 5.74) is 0. The molecule has 0 amide bonds. The fourth-order valence-electron chi connectivity index (χ4n) is 0.732. The Hall–Kier alpha value is -1.37. The van der Waals surface area contributed by atoms with Crippen LogP contribution in [-0.4, -0.2) is 16.9 Å². The Morgan fingerprint density at radius 1 is 1.55 bits per heavy atom. The molecule has 0 aromatic rings. The third-order valence-electron chi connectivity index (χ3n) is 1.18. The average Bonchev–Trinajstić information content (AvgIpc) is 1.85. The molecule has 0 aliphatic carbocycles. The predicted octanol–water partition coefficient (Wildman–Crippen LogP) is 0.580. The highest BCUT2D eigenvalue weighted by molar-refractivity contribution is 5.93. The molecular formula is C7H9NO3. The van der Waals surface area contributed by atoms with Crippen molar-refractivity contribution >= 4 is 11.8 Å². The van der Waals surface area contributed by atoms with Crippen molar-refractivity contribution in [2.45, 2.75) is 19.8 Å². The normalized spacial score (nSPS) is 11.6. The maximum absolute atomic E-state index is 10.4. The maximum Gasteiger partial charge on any atom is 0.303 e. The summed E-state index contributed by atoms with van der Waals surface area (Å²) in [6.07, 6.45) is -0.0315. The molecule has 0 aromatic heterocycles. The van der Waals surface area contributed by atoms with Crippen molar-refractivity contribution < 1.29 is 14.7 Å². The summed E-state index contributed by atoms with van der Waals surface area (Å²) in [6.45, 7) is 1.63. The molecule has 0 rings (SSSR count). The van der Waals surface area contributed by atoms with Gasteiger partial charge in [0.25, 0.3) is 0 Å². The van der Waals surface area contributed by atoms with E-state index >= 15 is 0 Å². The number of nitrogens with zero attached hydrogens (tertiary/aromatic N) is 1. The summed E-state index contributed by atoms with van der Waals surface area (Å²) >= 11 is 0. The highest BCUT2D eigenvalue weighted by Gasteiger charge is 2.11. The van der Waals surface area contributed by atoms with E-state index in [1.54, 1.807) is 6.92 Å². The Kier molecular flexibility index (Phi) is 3.89. The number of carboxylic acid groups (broad SMARTS) is 1. The van der Waals surface area contributed by atoms with Crippen molar-refractivity contribution in [3.63, 3.8) is 0 Å². The summed E-state index contributed by atoms with van der Waals surface area (Å²) in [5.74, 6) is -1.75. The molecule has 60 valence electrons. The van der Waals surface area contributed by atoms with Crippen LogP contribution in [0, 0.1) is 17.2 Å². The lowest BCUT2D eigenvalue weighted by molar-refractivity contribution is -0.138. The van der Waals surface area contributed by atoms with Crippen LogP contribution in [-0.2, 0) is 9.59 Å². The first-order valence-corrected chi connectivity index (χ1v) is 3.21. The van der Waals surface area contributed by atoms with Gasteiger partial charge in [-0.3, -0.25) is 9.59 Å². The maximum atomic E-state index is 10.4. The lowest BCUT2D eigenvalue weighted by Crippen LogP contribution is -2.08. The highest BCUT2D eigenvalue weighted by atomic mass is 16.4. The second-order valence-electron chi connectivity index (χ2n) is 2.44. The molecule has 0 spiro atoms. The first-order chi connectivity index (χ1) is 5.06. The predicted molar refractivity (Wildman–Crippen MR) is 36.7 cm³/mol. The van der Waals surface area contributed by atoms with Crippen LogP contribution in [0.5, 0.6) is 0 Å². The number of carbonyl (C=O) groups is 2. The van der Waals surface area contributed by atoms with Gasteiger partial charge in [0.05, 0.1) is 0 Å². The molecule has 0 saturated heterocycles. The van der Waals surface area contributed by atoms with E-state index in [1.807, 2.05) is 0 Å². The Balaban J connectivity index is 3.71. The Labute approximate surface area is 64.4 Å². The number of Topliss-reactive ketones (excluding diaryl/α,β-unsaturated/α-hetero) is 1. The van der Waals surface area contributed by atoms with Crippen LogP contribution in [0.1, 0.15) is 19.8 Å². The summed E-state index contributed by atoms with van der Waals surface area (Å²) in [4.78, 5) is 20.5. The Morgan fingerprint density at radius 2 is 2.09 bits per heavy atom. The van der Waals surface area contributed by atoms with E-state index in [2.05, 4.69) is 0 Å².